The Morgan fingerprint density at radius 2 is 1.81 bits per heavy atom. The maximum atomic E-state index is 13.1. The van der Waals surface area contributed by atoms with Crippen molar-refractivity contribution in [2.24, 2.45) is 0 Å². The lowest BCUT2D eigenvalue weighted by Crippen LogP contribution is -2.31. The molecule has 142 valence electrons. The van der Waals surface area contributed by atoms with Crippen molar-refractivity contribution in [3.05, 3.63) is 55.1 Å². The number of nitrogens with zero attached hydrogens (tertiary/aromatic N) is 1. The van der Waals surface area contributed by atoms with Crippen molar-refractivity contribution >= 4 is 27.3 Å². The third-order valence-corrected chi connectivity index (χ3v) is 5.68. The van der Waals surface area contributed by atoms with E-state index < -0.39 is 10.0 Å². The summed E-state index contributed by atoms with van der Waals surface area (Å²) in [5, 5.41) is 2.61. The second-order valence-electron chi connectivity index (χ2n) is 5.86. The standard InChI is InChI=1S/C19H20N2O5S/c1-3-10-21(16-6-9-18-19(13-16)26-12-11-25-18)27(23,24)17-7-4-15(5-8-17)20-14(2)22/h3-9,13H,1,10-12H2,2H3,(H,20,22). The topological polar surface area (TPSA) is 84.9 Å². The molecule has 1 amide bonds. The number of fused-ring (bicyclic) bond motifs is 1. The van der Waals surface area contributed by atoms with Crippen LogP contribution in [-0.2, 0) is 14.8 Å². The number of carbonyl (C=O) groups is 1. The lowest BCUT2D eigenvalue weighted by Gasteiger charge is -2.25. The predicted octanol–water partition coefficient (Wildman–Crippen LogP) is 2.80. The monoisotopic (exact) mass is 388 g/mol. The van der Waals surface area contributed by atoms with Crippen LogP contribution in [0.1, 0.15) is 6.92 Å². The van der Waals surface area contributed by atoms with E-state index in [1.54, 1.807) is 30.3 Å². The van der Waals surface area contributed by atoms with Gasteiger partial charge in [0.25, 0.3) is 10.0 Å². The Labute approximate surface area is 158 Å². The quantitative estimate of drug-likeness (QED) is 0.769. The van der Waals surface area contributed by atoms with Gasteiger partial charge in [-0.15, -0.1) is 6.58 Å². The van der Waals surface area contributed by atoms with Crippen molar-refractivity contribution in [2.75, 3.05) is 29.4 Å². The van der Waals surface area contributed by atoms with E-state index in [0.717, 1.165) is 0 Å². The molecular weight excluding hydrogens is 368 g/mol. The van der Waals surface area contributed by atoms with Gasteiger partial charge in [-0.25, -0.2) is 8.42 Å². The molecule has 2 aromatic carbocycles. The van der Waals surface area contributed by atoms with E-state index in [2.05, 4.69) is 11.9 Å². The number of hydrogen-bond acceptors (Lipinski definition) is 5. The van der Waals surface area contributed by atoms with Crippen molar-refractivity contribution in [3.63, 3.8) is 0 Å². The summed E-state index contributed by atoms with van der Waals surface area (Å²) in [4.78, 5) is 11.2. The summed E-state index contributed by atoms with van der Waals surface area (Å²) in [6.07, 6.45) is 1.51. The Morgan fingerprint density at radius 1 is 1.15 bits per heavy atom. The van der Waals surface area contributed by atoms with Gasteiger partial charge < -0.3 is 14.8 Å². The van der Waals surface area contributed by atoms with Crippen LogP contribution in [-0.4, -0.2) is 34.1 Å². The van der Waals surface area contributed by atoms with E-state index in [1.807, 2.05) is 0 Å². The lowest BCUT2D eigenvalue weighted by atomic mass is 10.2. The fourth-order valence-electron chi connectivity index (χ4n) is 2.69. The normalized spacial score (nSPS) is 12.9. The van der Waals surface area contributed by atoms with E-state index in [-0.39, 0.29) is 17.3 Å². The van der Waals surface area contributed by atoms with Gasteiger partial charge in [0, 0.05) is 18.7 Å². The second kappa shape index (κ2) is 7.71. The van der Waals surface area contributed by atoms with Crippen LogP contribution >= 0.6 is 0 Å². The van der Waals surface area contributed by atoms with E-state index in [9.17, 15) is 13.2 Å². The van der Waals surface area contributed by atoms with Crippen molar-refractivity contribution < 1.29 is 22.7 Å². The van der Waals surface area contributed by atoms with Crippen molar-refractivity contribution in [1.29, 1.82) is 0 Å². The van der Waals surface area contributed by atoms with Crippen LogP contribution in [0.3, 0.4) is 0 Å². The lowest BCUT2D eigenvalue weighted by molar-refractivity contribution is -0.114. The fraction of sp³-hybridized carbons (Fsp3) is 0.211. The highest BCUT2D eigenvalue weighted by molar-refractivity contribution is 7.92. The van der Waals surface area contributed by atoms with Gasteiger partial charge in [-0.2, -0.15) is 0 Å². The second-order valence-corrected chi connectivity index (χ2v) is 7.72. The third-order valence-electron chi connectivity index (χ3n) is 3.87. The Hall–Kier alpha value is -3.00. The first kappa shape index (κ1) is 18.8. The minimum atomic E-state index is -3.84. The van der Waals surface area contributed by atoms with Gasteiger partial charge in [-0.3, -0.25) is 9.10 Å². The maximum Gasteiger partial charge on any atom is 0.264 e. The van der Waals surface area contributed by atoms with Crippen LogP contribution in [0.5, 0.6) is 11.5 Å². The Morgan fingerprint density at radius 3 is 2.44 bits per heavy atom. The van der Waals surface area contributed by atoms with Gasteiger partial charge in [0.2, 0.25) is 5.91 Å². The summed E-state index contributed by atoms with van der Waals surface area (Å²) in [6.45, 7) is 6.01. The molecule has 0 aromatic heterocycles. The molecule has 7 nitrogen and oxygen atoms in total. The molecular formula is C19H20N2O5S. The molecule has 0 atom stereocenters. The maximum absolute atomic E-state index is 13.1. The summed E-state index contributed by atoms with van der Waals surface area (Å²) < 4.78 is 38.6. The minimum Gasteiger partial charge on any atom is -0.486 e. The number of rotatable bonds is 6. The number of anilines is 2. The van der Waals surface area contributed by atoms with Crippen molar-refractivity contribution in [2.45, 2.75) is 11.8 Å². The molecule has 0 fully saturated rings. The number of hydrogen-bond donors (Lipinski definition) is 1. The summed E-state index contributed by atoms with van der Waals surface area (Å²) in [5.41, 5.74) is 0.973. The Kier molecular flexibility index (Phi) is 5.36. The van der Waals surface area contributed by atoms with Crippen LogP contribution in [0.4, 0.5) is 11.4 Å². The molecule has 0 aliphatic carbocycles. The molecule has 1 heterocycles. The van der Waals surface area contributed by atoms with E-state index in [1.165, 1.54) is 29.4 Å². The van der Waals surface area contributed by atoms with Crippen molar-refractivity contribution in [3.8, 4) is 11.5 Å². The SMILES string of the molecule is C=CCN(c1ccc2c(c1)OCCO2)S(=O)(=O)c1ccc(NC(C)=O)cc1. The van der Waals surface area contributed by atoms with Crippen LogP contribution in [0.15, 0.2) is 60.0 Å². The van der Waals surface area contributed by atoms with E-state index in [4.69, 9.17) is 9.47 Å². The molecule has 0 unspecified atom stereocenters. The van der Waals surface area contributed by atoms with Crippen LogP contribution in [0.25, 0.3) is 0 Å². The zero-order chi connectivity index (χ0) is 19.4. The fourth-order valence-corrected chi connectivity index (χ4v) is 4.11. The summed E-state index contributed by atoms with van der Waals surface area (Å²) >= 11 is 0. The highest BCUT2D eigenvalue weighted by Crippen LogP contribution is 2.35. The van der Waals surface area contributed by atoms with Gasteiger partial charge in [-0.1, -0.05) is 6.08 Å². The van der Waals surface area contributed by atoms with Crippen LogP contribution < -0.4 is 19.1 Å². The molecule has 1 aliphatic heterocycles. The van der Waals surface area contributed by atoms with Gasteiger partial charge in [-0.05, 0) is 36.4 Å². The van der Waals surface area contributed by atoms with Gasteiger partial charge in [0.15, 0.2) is 11.5 Å². The average molecular weight is 388 g/mol. The Bertz CT molecular complexity index is 955. The number of carbonyl (C=O) groups excluding carboxylic acids is 1. The number of ether oxygens (including phenoxy) is 2. The zero-order valence-corrected chi connectivity index (χ0v) is 15.7. The highest BCUT2D eigenvalue weighted by Gasteiger charge is 2.25. The minimum absolute atomic E-state index is 0.0927. The first-order valence-corrected chi connectivity index (χ1v) is 9.77. The molecule has 1 aliphatic rings. The molecule has 0 radical (unpaired) electrons. The first-order valence-electron chi connectivity index (χ1n) is 8.33. The first-order chi connectivity index (χ1) is 12.9. The van der Waals surface area contributed by atoms with Crippen LogP contribution in [0.2, 0.25) is 0 Å². The number of nitrogens with one attached hydrogen (secondary N) is 1. The zero-order valence-electron chi connectivity index (χ0n) is 14.8. The van der Waals surface area contributed by atoms with Crippen LogP contribution in [0, 0.1) is 0 Å². The van der Waals surface area contributed by atoms with Gasteiger partial charge in [0.1, 0.15) is 13.2 Å². The number of amides is 1. The molecule has 0 bridgehead atoms. The molecule has 1 N–H and O–H groups in total. The number of sulfonamides is 1. The third kappa shape index (κ3) is 4.06. The summed E-state index contributed by atoms with van der Waals surface area (Å²) in [6, 6.07) is 11.0. The number of benzene rings is 2. The highest BCUT2D eigenvalue weighted by atomic mass is 32.2. The molecule has 0 saturated heterocycles. The molecule has 2 aromatic rings. The molecule has 27 heavy (non-hydrogen) atoms. The van der Waals surface area contributed by atoms with Gasteiger partial charge in [0.05, 0.1) is 17.1 Å². The molecule has 0 saturated carbocycles. The smallest absolute Gasteiger partial charge is 0.264 e. The summed E-state index contributed by atoms with van der Waals surface area (Å²) in [7, 11) is -3.84. The largest absolute Gasteiger partial charge is 0.486 e. The van der Waals surface area contributed by atoms with E-state index >= 15 is 0 Å². The predicted molar refractivity (Wildman–Crippen MR) is 103 cm³/mol. The molecule has 0 spiro atoms. The van der Waals surface area contributed by atoms with Crippen molar-refractivity contribution in [1.82, 2.24) is 0 Å². The van der Waals surface area contributed by atoms with Gasteiger partial charge >= 0.3 is 0 Å². The Balaban J connectivity index is 1.95. The molecule has 8 heteroatoms. The molecule has 3 rings (SSSR count). The average Bonchev–Trinajstić information content (AvgIpc) is 2.65. The van der Waals surface area contributed by atoms with E-state index in [0.29, 0.717) is 36.1 Å². The summed E-state index contributed by atoms with van der Waals surface area (Å²) in [5.74, 6) is 0.861.